The Balaban J connectivity index is 1.56. The van der Waals surface area contributed by atoms with Gasteiger partial charge in [-0.25, -0.2) is 4.39 Å². The Morgan fingerprint density at radius 1 is 0.897 bits per heavy atom. The number of para-hydroxylation sites is 1. The predicted octanol–water partition coefficient (Wildman–Crippen LogP) is 5.64. The Kier molecular flexibility index (Phi) is 5.34. The van der Waals surface area contributed by atoms with Gasteiger partial charge in [-0.3, -0.25) is 9.78 Å². The van der Waals surface area contributed by atoms with Crippen molar-refractivity contribution in [3.8, 4) is 11.1 Å². The fraction of sp³-hybridized carbons (Fsp3) is 0.120. The van der Waals surface area contributed by atoms with Crippen LogP contribution in [0.4, 0.5) is 10.1 Å². The molecule has 0 saturated carbocycles. The normalized spacial score (nSPS) is 10.8. The molecule has 3 aromatic carbocycles. The summed E-state index contributed by atoms with van der Waals surface area (Å²) in [7, 11) is 0. The molecule has 1 amide bonds. The van der Waals surface area contributed by atoms with Gasteiger partial charge in [-0.2, -0.15) is 0 Å². The quantitative estimate of drug-likeness (QED) is 0.446. The van der Waals surface area contributed by atoms with Crippen molar-refractivity contribution in [2.75, 3.05) is 11.4 Å². The lowest BCUT2D eigenvalue weighted by molar-refractivity contribution is -0.116. The van der Waals surface area contributed by atoms with Gasteiger partial charge in [0.25, 0.3) is 0 Å². The van der Waals surface area contributed by atoms with E-state index < -0.39 is 0 Å². The van der Waals surface area contributed by atoms with E-state index in [0.717, 1.165) is 11.1 Å². The van der Waals surface area contributed by atoms with Crippen LogP contribution in [0.5, 0.6) is 0 Å². The molecule has 0 aliphatic rings. The smallest absolute Gasteiger partial charge is 0.223 e. The second-order valence-electron chi connectivity index (χ2n) is 6.95. The molecule has 4 rings (SSSR count). The fourth-order valence-corrected chi connectivity index (χ4v) is 3.54. The standard InChI is InChI=1S/C25H21FN2O/c1-18(29)28(24-14-16-27-25-22(24)8-5-9-23(25)26)17-15-19-10-12-21(13-11-19)20-6-3-2-4-7-20/h2-14,16H,15,17H2,1H3. The van der Waals surface area contributed by atoms with Crippen LogP contribution in [0.3, 0.4) is 0 Å². The number of benzene rings is 3. The predicted molar refractivity (Wildman–Crippen MR) is 115 cm³/mol. The summed E-state index contributed by atoms with van der Waals surface area (Å²) in [5.74, 6) is -0.466. The van der Waals surface area contributed by atoms with E-state index in [4.69, 9.17) is 0 Å². The molecule has 0 saturated heterocycles. The Morgan fingerprint density at radius 3 is 2.34 bits per heavy atom. The summed E-state index contributed by atoms with van der Waals surface area (Å²) in [5, 5.41) is 0.641. The summed E-state index contributed by atoms with van der Waals surface area (Å²) < 4.78 is 14.1. The molecule has 0 bridgehead atoms. The summed E-state index contributed by atoms with van der Waals surface area (Å²) in [5.41, 5.74) is 4.44. The molecular formula is C25H21FN2O. The molecule has 0 fully saturated rings. The van der Waals surface area contributed by atoms with Crippen LogP contribution in [0.1, 0.15) is 12.5 Å². The first-order valence-corrected chi connectivity index (χ1v) is 9.59. The molecule has 0 N–H and O–H groups in total. The van der Waals surface area contributed by atoms with Crippen LogP contribution < -0.4 is 4.90 Å². The zero-order chi connectivity index (χ0) is 20.2. The average molecular weight is 384 g/mol. The Hall–Kier alpha value is -3.53. The van der Waals surface area contributed by atoms with Gasteiger partial charge in [0.05, 0.1) is 5.69 Å². The number of hydrogen-bond acceptors (Lipinski definition) is 2. The molecule has 1 aromatic heterocycles. The van der Waals surface area contributed by atoms with Crippen LogP contribution in [-0.2, 0) is 11.2 Å². The molecule has 144 valence electrons. The third kappa shape index (κ3) is 4.02. The van der Waals surface area contributed by atoms with Crippen molar-refractivity contribution in [3.05, 3.63) is 96.4 Å². The van der Waals surface area contributed by atoms with E-state index in [-0.39, 0.29) is 17.2 Å². The Labute approximate surface area is 169 Å². The first-order chi connectivity index (χ1) is 14.1. The molecule has 29 heavy (non-hydrogen) atoms. The highest BCUT2D eigenvalue weighted by molar-refractivity contribution is 6.01. The number of carbonyl (C=O) groups is 1. The third-order valence-electron chi connectivity index (χ3n) is 5.05. The number of rotatable bonds is 5. The lowest BCUT2D eigenvalue weighted by atomic mass is 10.0. The number of fused-ring (bicyclic) bond motifs is 1. The Bertz CT molecular complexity index is 1140. The molecule has 0 unspecified atom stereocenters. The van der Waals surface area contributed by atoms with Crippen molar-refractivity contribution in [1.29, 1.82) is 0 Å². The van der Waals surface area contributed by atoms with E-state index in [1.165, 1.54) is 18.6 Å². The van der Waals surface area contributed by atoms with Gasteiger partial charge in [-0.05, 0) is 35.2 Å². The maximum Gasteiger partial charge on any atom is 0.223 e. The average Bonchev–Trinajstić information content (AvgIpc) is 2.75. The highest BCUT2D eigenvalue weighted by Gasteiger charge is 2.16. The number of aromatic nitrogens is 1. The van der Waals surface area contributed by atoms with Crippen LogP contribution >= 0.6 is 0 Å². The zero-order valence-corrected chi connectivity index (χ0v) is 16.2. The number of pyridine rings is 1. The maximum atomic E-state index is 14.1. The van der Waals surface area contributed by atoms with Crippen molar-refractivity contribution in [3.63, 3.8) is 0 Å². The monoisotopic (exact) mass is 384 g/mol. The maximum absolute atomic E-state index is 14.1. The first kappa shape index (κ1) is 18.8. The Morgan fingerprint density at radius 2 is 1.62 bits per heavy atom. The molecule has 0 spiro atoms. The number of anilines is 1. The lowest BCUT2D eigenvalue weighted by Crippen LogP contribution is -2.30. The van der Waals surface area contributed by atoms with Gasteiger partial charge >= 0.3 is 0 Å². The van der Waals surface area contributed by atoms with Gasteiger partial charge < -0.3 is 4.90 Å². The second-order valence-corrected chi connectivity index (χ2v) is 6.95. The summed E-state index contributed by atoms with van der Waals surface area (Å²) >= 11 is 0. The summed E-state index contributed by atoms with van der Waals surface area (Å²) in [6, 6.07) is 25.2. The van der Waals surface area contributed by atoms with E-state index in [0.29, 0.717) is 24.0 Å². The van der Waals surface area contributed by atoms with Crippen LogP contribution in [0.2, 0.25) is 0 Å². The molecule has 0 aliphatic carbocycles. The summed E-state index contributed by atoms with van der Waals surface area (Å²) in [6.45, 7) is 2.04. The van der Waals surface area contributed by atoms with E-state index in [2.05, 4.69) is 41.4 Å². The molecular weight excluding hydrogens is 363 g/mol. The minimum atomic E-state index is -0.385. The van der Waals surface area contributed by atoms with E-state index in [1.54, 1.807) is 29.3 Å². The first-order valence-electron chi connectivity index (χ1n) is 9.59. The topological polar surface area (TPSA) is 33.2 Å². The summed E-state index contributed by atoms with van der Waals surface area (Å²) in [6.07, 6.45) is 2.25. The molecule has 0 aliphatic heterocycles. The van der Waals surface area contributed by atoms with Gasteiger partial charge in [0, 0.05) is 25.1 Å². The van der Waals surface area contributed by atoms with Crippen molar-refractivity contribution in [2.45, 2.75) is 13.3 Å². The number of nitrogens with zero attached hydrogens (tertiary/aromatic N) is 2. The van der Waals surface area contributed by atoms with Crippen LogP contribution in [-0.4, -0.2) is 17.4 Å². The molecule has 1 heterocycles. The molecule has 3 nitrogen and oxygen atoms in total. The number of carbonyl (C=O) groups excluding carboxylic acids is 1. The number of hydrogen-bond donors (Lipinski definition) is 0. The molecule has 4 heteroatoms. The number of amides is 1. The highest BCUT2D eigenvalue weighted by Crippen LogP contribution is 2.27. The molecule has 4 aromatic rings. The van der Waals surface area contributed by atoms with E-state index in [9.17, 15) is 9.18 Å². The summed E-state index contributed by atoms with van der Waals surface area (Å²) in [4.78, 5) is 18.2. The third-order valence-corrected chi connectivity index (χ3v) is 5.05. The van der Waals surface area contributed by atoms with Crippen molar-refractivity contribution in [1.82, 2.24) is 4.98 Å². The number of halogens is 1. The molecule has 0 radical (unpaired) electrons. The van der Waals surface area contributed by atoms with Crippen molar-refractivity contribution < 1.29 is 9.18 Å². The lowest BCUT2D eigenvalue weighted by Gasteiger charge is -2.23. The van der Waals surface area contributed by atoms with Gasteiger partial charge in [-0.1, -0.05) is 66.7 Å². The van der Waals surface area contributed by atoms with Crippen LogP contribution in [0, 0.1) is 5.82 Å². The van der Waals surface area contributed by atoms with Crippen molar-refractivity contribution >= 4 is 22.5 Å². The highest BCUT2D eigenvalue weighted by atomic mass is 19.1. The van der Waals surface area contributed by atoms with Crippen LogP contribution in [0.25, 0.3) is 22.0 Å². The van der Waals surface area contributed by atoms with E-state index in [1.807, 2.05) is 18.2 Å². The van der Waals surface area contributed by atoms with Gasteiger partial charge in [0.2, 0.25) is 5.91 Å². The van der Waals surface area contributed by atoms with Gasteiger partial charge in [0.1, 0.15) is 11.3 Å². The second kappa shape index (κ2) is 8.23. The zero-order valence-electron chi connectivity index (χ0n) is 16.2. The minimum absolute atomic E-state index is 0.0809. The van der Waals surface area contributed by atoms with Gasteiger partial charge in [0.15, 0.2) is 0 Å². The largest absolute Gasteiger partial charge is 0.312 e. The van der Waals surface area contributed by atoms with E-state index >= 15 is 0 Å². The van der Waals surface area contributed by atoms with Crippen LogP contribution in [0.15, 0.2) is 85.1 Å². The van der Waals surface area contributed by atoms with Gasteiger partial charge in [-0.15, -0.1) is 0 Å². The SMILES string of the molecule is CC(=O)N(CCc1ccc(-c2ccccc2)cc1)c1ccnc2c(F)cccc12. The van der Waals surface area contributed by atoms with Crippen molar-refractivity contribution in [2.24, 2.45) is 0 Å². The minimum Gasteiger partial charge on any atom is -0.312 e. The molecule has 0 atom stereocenters. The fourth-order valence-electron chi connectivity index (χ4n) is 3.54.